The predicted molar refractivity (Wildman–Crippen MR) is 63.8 cm³/mol. The van der Waals surface area contributed by atoms with Crippen molar-refractivity contribution in [1.29, 1.82) is 0 Å². The van der Waals surface area contributed by atoms with E-state index in [0.717, 1.165) is 16.3 Å². The minimum atomic E-state index is 0. The van der Waals surface area contributed by atoms with Crippen molar-refractivity contribution < 1.29 is 5.11 Å². The highest BCUT2D eigenvalue weighted by molar-refractivity contribution is 8.93. The number of aromatic hydroxyl groups is 1. The molecule has 2 aromatic carbocycles. The van der Waals surface area contributed by atoms with Crippen LogP contribution in [0.15, 0.2) is 36.4 Å². The molecule has 74 valence electrons. The average molecular weight is 254 g/mol. The van der Waals surface area contributed by atoms with Gasteiger partial charge in [-0.3, -0.25) is 0 Å². The van der Waals surface area contributed by atoms with Crippen molar-refractivity contribution in [3.63, 3.8) is 0 Å². The van der Waals surface area contributed by atoms with Gasteiger partial charge in [-0.1, -0.05) is 30.3 Å². The standard InChI is InChI=1S/C11H11NO.BrH/c12-7-8-3-1-5-10-9(8)4-2-6-11(10)13;/h1-6,13H,7,12H2;1H. The van der Waals surface area contributed by atoms with Crippen molar-refractivity contribution in [2.75, 3.05) is 0 Å². The summed E-state index contributed by atoms with van der Waals surface area (Å²) in [6, 6.07) is 11.3. The molecule has 0 spiro atoms. The Hall–Kier alpha value is -1.06. The van der Waals surface area contributed by atoms with Gasteiger partial charge in [0.1, 0.15) is 5.75 Å². The third-order valence-electron chi connectivity index (χ3n) is 2.21. The highest BCUT2D eigenvalue weighted by Crippen LogP contribution is 2.26. The molecular formula is C11H12BrNO. The molecule has 2 nitrogen and oxygen atoms in total. The summed E-state index contributed by atoms with van der Waals surface area (Å²) in [6.45, 7) is 0.501. The molecule has 2 aromatic rings. The Labute approximate surface area is 93.1 Å². The summed E-state index contributed by atoms with van der Waals surface area (Å²) >= 11 is 0. The van der Waals surface area contributed by atoms with Crippen LogP contribution in [0.25, 0.3) is 10.8 Å². The van der Waals surface area contributed by atoms with Gasteiger partial charge in [0, 0.05) is 11.9 Å². The van der Waals surface area contributed by atoms with Gasteiger partial charge in [0.05, 0.1) is 0 Å². The van der Waals surface area contributed by atoms with Gasteiger partial charge in [-0.15, -0.1) is 17.0 Å². The lowest BCUT2D eigenvalue weighted by atomic mass is 10.0. The van der Waals surface area contributed by atoms with Gasteiger partial charge in [0.15, 0.2) is 0 Å². The van der Waals surface area contributed by atoms with Crippen LogP contribution in [0, 0.1) is 0 Å². The number of halogens is 1. The molecule has 2 rings (SSSR count). The maximum Gasteiger partial charge on any atom is 0.123 e. The van der Waals surface area contributed by atoms with E-state index in [1.807, 2.05) is 30.3 Å². The Morgan fingerprint density at radius 2 is 1.64 bits per heavy atom. The number of fused-ring (bicyclic) bond motifs is 1. The largest absolute Gasteiger partial charge is 0.507 e. The first kappa shape index (κ1) is 11.0. The number of rotatable bonds is 1. The van der Waals surface area contributed by atoms with Crippen molar-refractivity contribution in [3.05, 3.63) is 42.0 Å². The van der Waals surface area contributed by atoms with Gasteiger partial charge in [-0.2, -0.15) is 0 Å². The molecule has 0 amide bonds. The zero-order chi connectivity index (χ0) is 9.26. The van der Waals surface area contributed by atoms with Crippen LogP contribution in [0.5, 0.6) is 5.75 Å². The fourth-order valence-corrected chi connectivity index (χ4v) is 1.54. The second-order valence-electron chi connectivity index (χ2n) is 2.99. The van der Waals surface area contributed by atoms with E-state index in [2.05, 4.69) is 0 Å². The van der Waals surface area contributed by atoms with Crippen LogP contribution in [0.4, 0.5) is 0 Å². The smallest absolute Gasteiger partial charge is 0.123 e. The molecule has 0 radical (unpaired) electrons. The number of phenols is 1. The lowest BCUT2D eigenvalue weighted by Gasteiger charge is -2.04. The van der Waals surface area contributed by atoms with E-state index in [0.29, 0.717) is 12.3 Å². The number of hydrogen-bond acceptors (Lipinski definition) is 2. The van der Waals surface area contributed by atoms with Gasteiger partial charge in [-0.25, -0.2) is 0 Å². The second-order valence-corrected chi connectivity index (χ2v) is 2.99. The Bertz CT molecular complexity index is 442. The predicted octanol–water partition coefficient (Wildman–Crippen LogP) is 2.58. The van der Waals surface area contributed by atoms with Crippen LogP contribution in [-0.2, 0) is 6.54 Å². The summed E-state index contributed by atoms with van der Waals surface area (Å²) in [5, 5.41) is 11.4. The maximum absolute atomic E-state index is 9.55. The number of hydrogen-bond donors (Lipinski definition) is 2. The van der Waals surface area contributed by atoms with Crippen LogP contribution < -0.4 is 5.73 Å². The van der Waals surface area contributed by atoms with Crippen LogP contribution in [0.2, 0.25) is 0 Å². The van der Waals surface area contributed by atoms with E-state index >= 15 is 0 Å². The molecule has 0 atom stereocenters. The summed E-state index contributed by atoms with van der Waals surface area (Å²) in [5.41, 5.74) is 6.65. The molecule has 0 saturated heterocycles. The maximum atomic E-state index is 9.55. The Kier molecular flexibility index (Phi) is 3.49. The zero-order valence-electron chi connectivity index (χ0n) is 7.60. The third kappa shape index (κ3) is 1.74. The van der Waals surface area contributed by atoms with E-state index in [1.165, 1.54) is 0 Å². The van der Waals surface area contributed by atoms with Gasteiger partial charge in [0.25, 0.3) is 0 Å². The molecule has 0 bridgehead atoms. The molecular weight excluding hydrogens is 242 g/mol. The van der Waals surface area contributed by atoms with E-state index in [1.54, 1.807) is 6.07 Å². The SMILES string of the molecule is Br.NCc1cccc2c(O)cccc12. The highest BCUT2D eigenvalue weighted by Gasteiger charge is 2.01. The minimum Gasteiger partial charge on any atom is -0.507 e. The quantitative estimate of drug-likeness (QED) is 0.821. The molecule has 0 saturated carbocycles. The van der Waals surface area contributed by atoms with E-state index in [9.17, 15) is 5.11 Å². The first-order valence-corrected chi connectivity index (χ1v) is 4.22. The van der Waals surface area contributed by atoms with Crippen molar-refractivity contribution in [1.82, 2.24) is 0 Å². The summed E-state index contributed by atoms with van der Waals surface area (Å²) in [5.74, 6) is 0.313. The van der Waals surface area contributed by atoms with Crippen LogP contribution in [-0.4, -0.2) is 5.11 Å². The molecule has 0 unspecified atom stereocenters. The van der Waals surface area contributed by atoms with Crippen molar-refractivity contribution in [3.8, 4) is 5.75 Å². The van der Waals surface area contributed by atoms with Crippen LogP contribution in [0.3, 0.4) is 0 Å². The van der Waals surface area contributed by atoms with Crippen molar-refractivity contribution >= 4 is 27.8 Å². The topological polar surface area (TPSA) is 46.2 Å². The summed E-state index contributed by atoms with van der Waals surface area (Å²) in [4.78, 5) is 0. The molecule has 0 aliphatic heterocycles. The lowest BCUT2D eigenvalue weighted by molar-refractivity contribution is 0.481. The summed E-state index contributed by atoms with van der Waals surface area (Å²) in [6.07, 6.45) is 0. The molecule has 0 aromatic heterocycles. The molecule has 3 heteroatoms. The van der Waals surface area contributed by atoms with Gasteiger partial charge in [0.2, 0.25) is 0 Å². The molecule has 14 heavy (non-hydrogen) atoms. The molecule has 0 fully saturated rings. The Morgan fingerprint density at radius 3 is 2.36 bits per heavy atom. The normalized spacial score (nSPS) is 9.79. The van der Waals surface area contributed by atoms with Crippen LogP contribution >= 0.6 is 17.0 Å². The highest BCUT2D eigenvalue weighted by atomic mass is 79.9. The Morgan fingerprint density at radius 1 is 1.00 bits per heavy atom. The zero-order valence-corrected chi connectivity index (χ0v) is 9.32. The lowest BCUT2D eigenvalue weighted by Crippen LogP contribution is -1.96. The fourth-order valence-electron chi connectivity index (χ4n) is 1.54. The Balaban J connectivity index is 0.000000980. The van der Waals surface area contributed by atoms with E-state index in [4.69, 9.17) is 5.73 Å². The monoisotopic (exact) mass is 253 g/mol. The van der Waals surface area contributed by atoms with E-state index in [-0.39, 0.29) is 17.0 Å². The summed E-state index contributed by atoms with van der Waals surface area (Å²) < 4.78 is 0. The van der Waals surface area contributed by atoms with Crippen LogP contribution in [0.1, 0.15) is 5.56 Å². The third-order valence-corrected chi connectivity index (χ3v) is 2.21. The van der Waals surface area contributed by atoms with Crippen molar-refractivity contribution in [2.45, 2.75) is 6.54 Å². The van der Waals surface area contributed by atoms with Gasteiger partial charge in [-0.05, 0) is 17.0 Å². The van der Waals surface area contributed by atoms with E-state index < -0.39 is 0 Å². The van der Waals surface area contributed by atoms with Gasteiger partial charge >= 0.3 is 0 Å². The molecule has 3 N–H and O–H groups in total. The number of nitrogens with two attached hydrogens (primary N) is 1. The van der Waals surface area contributed by atoms with Gasteiger partial charge < -0.3 is 10.8 Å². The number of phenolic OH excluding ortho intramolecular Hbond substituents is 1. The minimum absolute atomic E-state index is 0. The van der Waals surface area contributed by atoms with Crippen molar-refractivity contribution in [2.24, 2.45) is 5.73 Å². The second kappa shape index (κ2) is 4.44. The fraction of sp³-hybridized carbons (Fsp3) is 0.0909. The molecule has 0 heterocycles. The first-order chi connectivity index (χ1) is 6.33. The molecule has 0 aliphatic rings. The first-order valence-electron chi connectivity index (χ1n) is 4.22. The number of benzene rings is 2. The average Bonchev–Trinajstić information content (AvgIpc) is 2.18. The molecule has 0 aliphatic carbocycles. The summed E-state index contributed by atoms with van der Waals surface area (Å²) in [7, 11) is 0.